The van der Waals surface area contributed by atoms with Crippen molar-refractivity contribution in [2.75, 3.05) is 13.1 Å². The van der Waals surface area contributed by atoms with Gasteiger partial charge in [0.15, 0.2) is 0 Å². The average Bonchev–Trinajstić information content (AvgIpc) is 3.01. The maximum Gasteiger partial charge on any atom is 0.253 e. The van der Waals surface area contributed by atoms with E-state index in [0.717, 1.165) is 39.9 Å². The molecule has 1 aromatic heterocycles. The molecular formula is C19H27Cl2N3OS2. The summed E-state index contributed by atoms with van der Waals surface area (Å²) < 4.78 is 0. The number of nitrogens with two attached hydrogens (primary N) is 1. The highest BCUT2D eigenvalue weighted by atomic mass is 35.5. The van der Waals surface area contributed by atoms with Crippen LogP contribution in [-0.4, -0.2) is 34.9 Å². The number of thiazole rings is 1. The Labute approximate surface area is 182 Å². The van der Waals surface area contributed by atoms with Gasteiger partial charge in [-0.1, -0.05) is 13.8 Å². The molecule has 0 bridgehead atoms. The first-order chi connectivity index (χ1) is 11.8. The molecule has 1 unspecified atom stereocenters. The quantitative estimate of drug-likeness (QED) is 0.684. The molecule has 2 N–H and O–H groups in total. The van der Waals surface area contributed by atoms with Crippen LogP contribution in [0.5, 0.6) is 0 Å². The van der Waals surface area contributed by atoms with E-state index in [1.54, 1.807) is 23.1 Å². The van der Waals surface area contributed by atoms with Gasteiger partial charge >= 0.3 is 0 Å². The van der Waals surface area contributed by atoms with Gasteiger partial charge in [0.2, 0.25) is 0 Å². The highest BCUT2D eigenvalue weighted by Crippen LogP contribution is 2.29. The predicted octanol–water partition coefficient (Wildman–Crippen LogP) is 4.79. The number of halogens is 2. The largest absolute Gasteiger partial charge is 0.338 e. The molecule has 27 heavy (non-hydrogen) atoms. The first-order valence-corrected chi connectivity index (χ1v) is 10.4. The Morgan fingerprint density at radius 1 is 1.33 bits per heavy atom. The monoisotopic (exact) mass is 447 g/mol. The number of carbonyl (C=O) groups is 1. The van der Waals surface area contributed by atoms with Gasteiger partial charge in [0.25, 0.3) is 5.91 Å². The second-order valence-electron chi connectivity index (χ2n) is 7.28. The standard InChI is InChI=1S/C19H25N3OS2.2ClH/c1-13-21-15(10-24-13)11-25-16-6-4-14(5-7-16)18(23)22-9-8-17(20)19(2,3)12-22;;/h4-7,10,17H,8-9,11-12,20H2,1-3H3;2*1H. The summed E-state index contributed by atoms with van der Waals surface area (Å²) in [5.74, 6) is 0.960. The van der Waals surface area contributed by atoms with Crippen molar-refractivity contribution in [3.8, 4) is 0 Å². The number of benzene rings is 1. The minimum Gasteiger partial charge on any atom is -0.338 e. The molecule has 1 saturated heterocycles. The van der Waals surface area contributed by atoms with Crippen molar-refractivity contribution < 1.29 is 4.79 Å². The van der Waals surface area contributed by atoms with Gasteiger partial charge in [0.1, 0.15) is 0 Å². The number of hydrogen-bond acceptors (Lipinski definition) is 5. The number of thioether (sulfide) groups is 1. The molecule has 1 amide bonds. The Kier molecular flexibility index (Phi) is 9.09. The van der Waals surface area contributed by atoms with E-state index in [1.165, 1.54) is 0 Å². The van der Waals surface area contributed by atoms with Crippen LogP contribution in [0.15, 0.2) is 34.5 Å². The summed E-state index contributed by atoms with van der Waals surface area (Å²) in [7, 11) is 0. The molecule has 1 fully saturated rings. The van der Waals surface area contributed by atoms with Crippen LogP contribution in [0.4, 0.5) is 0 Å². The minimum atomic E-state index is -0.0324. The molecule has 4 nitrogen and oxygen atoms in total. The Morgan fingerprint density at radius 2 is 2.00 bits per heavy atom. The fourth-order valence-corrected chi connectivity index (χ4v) is 4.56. The average molecular weight is 448 g/mol. The topological polar surface area (TPSA) is 59.2 Å². The number of hydrogen-bond donors (Lipinski definition) is 1. The summed E-state index contributed by atoms with van der Waals surface area (Å²) in [4.78, 5) is 20.3. The predicted molar refractivity (Wildman–Crippen MR) is 120 cm³/mol. The summed E-state index contributed by atoms with van der Waals surface area (Å²) in [6.45, 7) is 7.75. The van der Waals surface area contributed by atoms with Crippen LogP contribution in [0, 0.1) is 12.3 Å². The first-order valence-electron chi connectivity index (χ1n) is 8.54. The van der Waals surface area contributed by atoms with Crippen LogP contribution < -0.4 is 5.73 Å². The fraction of sp³-hybridized carbons (Fsp3) is 0.474. The second kappa shape index (κ2) is 10.1. The van der Waals surface area contributed by atoms with Gasteiger partial charge < -0.3 is 10.6 Å². The molecule has 0 spiro atoms. The Hall–Kier alpha value is -0.790. The zero-order valence-electron chi connectivity index (χ0n) is 15.8. The molecule has 0 saturated carbocycles. The molecule has 2 aromatic rings. The molecular weight excluding hydrogens is 421 g/mol. The van der Waals surface area contributed by atoms with E-state index < -0.39 is 0 Å². The van der Waals surface area contributed by atoms with Crippen molar-refractivity contribution in [2.24, 2.45) is 11.1 Å². The summed E-state index contributed by atoms with van der Waals surface area (Å²) in [6, 6.07) is 8.07. The highest BCUT2D eigenvalue weighted by molar-refractivity contribution is 7.98. The lowest BCUT2D eigenvalue weighted by Crippen LogP contribution is -2.53. The van der Waals surface area contributed by atoms with Crippen molar-refractivity contribution >= 4 is 53.8 Å². The number of rotatable bonds is 4. The van der Waals surface area contributed by atoms with Crippen LogP contribution in [0.25, 0.3) is 0 Å². The highest BCUT2D eigenvalue weighted by Gasteiger charge is 2.35. The molecule has 150 valence electrons. The van der Waals surface area contributed by atoms with Crippen LogP contribution in [0.1, 0.15) is 41.3 Å². The van der Waals surface area contributed by atoms with Crippen molar-refractivity contribution in [2.45, 2.75) is 43.9 Å². The lowest BCUT2D eigenvalue weighted by Gasteiger charge is -2.42. The Bertz CT molecular complexity index is 750. The van der Waals surface area contributed by atoms with Gasteiger partial charge in [-0.25, -0.2) is 4.98 Å². The first kappa shape index (κ1) is 24.2. The SMILES string of the molecule is Cc1nc(CSc2ccc(C(=O)N3CCC(N)C(C)(C)C3)cc2)cs1.Cl.Cl. The smallest absolute Gasteiger partial charge is 0.253 e. The van der Waals surface area contributed by atoms with Crippen LogP contribution in [0.3, 0.4) is 0 Å². The summed E-state index contributed by atoms with van der Waals surface area (Å²) in [5.41, 5.74) is 8.00. The Balaban J connectivity index is 0.00000182. The van der Waals surface area contributed by atoms with E-state index >= 15 is 0 Å². The molecule has 0 aliphatic carbocycles. The minimum absolute atomic E-state index is 0. The number of piperidine rings is 1. The molecule has 0 radical (unpaired) electrons. The van der Waals surface area contributed by atoms with Gasteiger partial charge in [0.05, 0.1) is 10.7 Å². The van der Waals surface area contributed by atoms with Crippen molar-refractivity contribution in [1.29, 1.82) is 0 Å². The molecule has 3 rings (SSSR count). The Morgan fingerprint density at radius 3 is 2.56 bits per heavy atom. The van der Waals surface area contributed by atoms with Crippen molar-refractivity contribution in [3.05, 3.63) is 45.9 Å². The van der Waals surface area contributed by atoms with Gasteiger partial charge in [0, 0.05) is 40.7 Å². The third kappa shape index (κ3) is 6.09. The fourth-order valence-electron chi connectivity index (χ4n) is 3.06. The third-order valence-corrected chi connectivity index (χ3v) is 6.62. The zero-order chi connectivity index (χ0) is 18.0. The molecule has 8 heteroatoms. The van der Waals surface area contributed by atoms with Crippen LogP contribution in [0.2, 0.25) is 0 Å². The second-order valence-corrected chi connectivity index (χ2v) is 9.39. The summed E-state index contributed by atoms with van der Waals surface area (Å²) in [6.07, 6.45) is 0.861. The number of likely N-dealkylation sites (tertiary alicyclic amines) is 1. The summed E-state index contributed by atoms with van der Waals surface area (Å²) >= 11 is 3.42. The number of nitrogens with zero attached hydrogens (tertiary/aromatic N) is 2. The number of aromatic nitrogens is 1. The number of amides is 1. The van der Waals surface area contributed by atoms with Crippen molar-refractivity contribution in [3.63, 3.8) is 0 Å². The van der Waals surface area contributed by atoms with E-state index in [9.17, 15) is 4.79 Å². The van der Waals surface area contributed by atoms with Crippen LogP contribution in [-0.2, 0) is 5.75 Å². The van der Waals surface area contributed by atoms with E-state index in [0.29, 0.717) is 6.54 Å². The van der Waals surface area contributed by atoms with Gasteiger partial charge in [-0.05, 0) is 43.0 Å². The molecule has 1 aliphatic rings. The van der Waals surface area contributed by atoms with E-state index in [2.05, 4.69) is 24.2 Å². The van der Waals surface area contributed by atoms with E-state index in [4.69, 9.17) is 5.73 Å². The molecule has 1 aromatic carbocycles. The third-order valence-electron chi connectivity index (χ3n) is 4.75. The van der Waals surface area contributed by atoms with E-state index in [-0.39, 0.29) is 42.2 Å². The normalized spacial score (nSPS) is 18.4. The summed E-state index contributed by atoms with van der Waals surface area (Å²) in [5, 5.41) is 3.20. The lowest BCUT2D eigenvalue weighted by molar-refractivity contribution is 0.0533. The van der Waals surface area contributed by atoms with Gasteiger partial charge in [-0.3, -0.25) is 4.79 Å². The number of carbonyl (C=O) groups excluding carboxylic acids is 1. The zero-order valence-corrected chi connectivity index (χ0v) is 19.1. The molecule has 2 heterocycles. The maximum atomic E-state index is 12.8. The van der Waals surface area contributed by atoms with Crippen LogP contribution >= 0.6 is 47.9 Å². The lowest BCUT2D eigenvalue weighted by atomic mass is 9.79. The molecule has 1 aliphatic heterocycles. The van der Waals surface area contributed by atoms with Crippen molar-refractivity contribution in [1.82, 2.24) is 9.88 Å². The van der Waals surface area contributed by atoms with Gasteiger partial charge in [-0.15, -0.1) is 47.9 Å². The number of aryl methyl sites for hydroxylation is 1. The maximum absolute atomic E-state index is 12.8. The van der Waals surface area contributed by atoms with E-state index in [1.807, 2.05) is 36.1 Å². The molecule has 1 atom stereocenters. The van der Waals surface area contributed by atoms with Gasteiger partial charge in [-0.2, -0.15) is 0 Å².